The Morgan fingerprint density at radius 3 is 3.14 bits per heavy atom. The predicted octanol–water partition coefficient (Wildman–Crippen LogP) is 2.13. The van der Waals surface area contributed by atoms with Gasteiger partial charge in [-0.2, -0.15) is 11.8 Å². The summed E-state index contributed by atoms with van der Waals surface area (Å²) in [6, 6.07) is 0. The summed E-state index contributed by atoms with van der Waals surface area (Å²) in [5.74, 6) is 1.20. The molecule has 1 aromatic rings. The van der Waals surface area contributed by atoms with Crippen LogP contribution in [0.5, 0.6) is 0 Å². The second-order valence-electron chi connectivity index (χ2n) is 3.41. The van der Waals surface area contributed by atoms with Gasteiger partial charge in [-0.3, -0.25) is 4.90 Å². The van der Waals surface area contributed by atoms with Crippen molar-refractivity contribution < 1.29 is 0 Å². The lowest BCUT2D eigenvalue weighted by atomic mass is 10.3. The summed E-state index contributed by atoms with van der Waals surface area (Å²) in [5.41, 5.74) is 0.927. The van der Waals surface area contributed by atoms with Crippen LogP contribution < -0.4 is 0 Å². The summed E-state index contributed by atoms with van der Waals surface area (Å²) >= 11 is 9.25. The number of halogens is 1. The number of nitrogens with zero attached hydrogens (tertiary/aromatic N) is 3. The van der Waals surface area contributed by atoms with E-state index in [2.05, 4.69) is 21.4 Å². The Bertz CT molecular complexity index is 305. The van der Waals surface area contributed by atoms with Gasteiger partial charge in [0.2, 0.25) is 0 Å². The molecule has 0 aliphatic carbocycles. The Morgan fingerprint density at radius 1 is 1.64 bits per heavy atom. The molecule has 1 unspecified atom stereocenters. The van der Waals surface area contributed by atoms with Crippen LogP contribution >= 0.6 is 34.9 Å². The average molecular weight is 250 g/mol. The Labute approximate surface area is 97.0 Å². The van der Waals surface area contributed by atoms with Gasteiger partial charge in [0.1, 0.15) is 10.0 Å². The van der Waals surface area contributed by atoms with Gasteiger partial charge in [0, 0.05) is 42.2 Å². The maximum absolute atomic E-state index is 5.96. The van der Waals surface area contributed by atoms with Crippen molar-refractivity contribution in [1.82, 2.24) is 14.5 Å². The number of thioether (sulfide) groups is 1. The topological polar surface area (TPSA) is 29.0 Å². The summed E-state index contributed by atoms with van der Waals surface area (Å²) in [5, 5.41) is 4.74. The zero-order valence-corrected chi connectivity index (χ0v) is 10.3. The van der Waals surface area contributed by atoms with Crippen molar-refractivity contribution in [3.63, 3.8) is 0 Å². The lowest BCUT2D eigenvalue weighted by molar-refractivity contribution is 0.275. The Morgan fingerprint density at radius 2 is 2.50 bits per heavy atom. The van der Waals surface area contributed by atoms with Crippen LogP contribution in [-0.4, -0.2) is 38.6 Å². The zero-order chi connectivity index (χ0) is 9.97. The van der Waals surface area contributed by atoms with E-state index in [-0.39, 0.29) is 0 Å². The highest BCUT2D eigenvalue weighted by Gasteiger charge is 2.18. The first-order valence-corrected chi connectivity index (χ1v) is 6.76. The molecule has 14 heavy (non-hydrogen) atoms. The fraction of sp³-hybridized carbons (Fsp3) is 0.750. The second-order valence-corrected chi connectivity index (χ2v) is 6.31. The van der Waals surface area contributed by atoms with Gasteiger partial charge >= 0.3 is 0 Å². The fourth-order valence-electron chi connectivity index (χ4n) is 1.54. The van der Waals surface area contributed by atoms with Gasteiger partial charge in [0.25, 0.3) is 0 Å². The summed E-state index contributed by atoms with van der Waals surface area (Å²) < 4.78 is 4.57. The van der Waals surface area contributed by atoms with E-state index >= 15 is 0 Å². The van der Waals surface area contributed by atoms with Crippen molar-refractivity contribution in [3.05, 3.63) is 10.0 Å². The lowest BCUT2D eigenvalue weighted by Crippen LogP contribution is -2.36. The summed E-state index contributed by atoms with van der Waals surface area (Å²) in [6.45, 7) is 5.36. The molecule has 1 aliphatic rings. The first-order valence-electron chi connectivity index (χ1n) is 4.56. The summed E-state index contributed by atoms with van der Waals surface area (Å²) in [6.07, 6.45) is 0. The van der Waals surface area contributed by atoms with Gasteiger partial charge in [-0.1, -0.05) is 23.0 Å². The van der Waals surface area contributed by atoms with Crippen LogP contribution in [0.25, 0.3) is 0 Å². The number of hydrogen-bond acceptors (Lipinski definition) is 5. The standard InChI is InChI=1S/C8H12ClN3S2/c1-6-4-12(2-3-13-6)5-7-8(9)14-11-10-7/h6H,2-5H2,1H3. The molecule has 0 spiro atoms. The van der Waals surface area contributed by atoms with Crippen LogP contribution in [0.15, 0.2) is 0 Å². The van der Waals surface area contributed by atoms with Gasteiger partial charge in [0.05, 0.1) is 0 Å². The molecule has 78 valence electrons. The molecule has 1 fully saturated rings. The largest absolute Gasteiger partial charge is 0.295 e. The van der Waals surface area contributed by atoms with Crippen LogP contribution in [0.4, 0.5) is 0 Å². The van der Waals surface area contributed by atoms with Crippen molar-refractivity contribution >= 4 is 34.9 Å². The molecule has 0 bridgehead atoms. The third-order valence-corrected chi connectivity index (χ3v) is 4.33. The quantitative estimate of drug-likeness (QED) is 0.803. The van der Waals surface area contributed by atoms with E-state index in [1.807, 2.05) is 11.8 Å². The molecule has 3 nitrogen and oxygen atoms in total. The van der Waals surface area contributed by atoms with Crippen LogP contribution in [0.3, 0.4) is 0 Å². The van der Waals surface area contributed by atoms with Crippen LogP contribution in [0.2, 0.25) is 4.34 Å². The predicted molar refractivity (Wildman–Crippen MR) is 62.1 cm³/mol. The molecule has 2 rings (SSSR count). The molecule has 0 amide bonds. The number of hydrogen-bond donors (Lipinski definition) is 0. The molecular weight excluding hydrogens is 238 g/mol. The molecule has 0 N–H and O–H groups in total. The summed E-state index contributed by atoms with van der Waals surface area (Å²) in [4.78, 5) is 2.39. The van der Waals surface area contributed by atoms with Crippen LogP contribution in [0.1, 0.15) is 12.6 Å². The van der Waals surface area contributed by atoms with Gasteiger partial charge in [-0.15, -0.1) is 5.10 Å². The lowest BCUT2D eigenvalue weighted by Gasteiger charge is -2.29. The van der Waals surface area contributed by atoms with Gasteiger partial charge < -0.3 is 0 Å². The van der Waals surface area contributed by atoms with Crippen molar-refractivity contribution in [2.45, 2.75) is 18.7 Å². The van der Waals surface area contributed by atoms with E-state index in [1.165, 1.54) is 17.3 Å². The monoisotopic (exact) mass is 249 g/mol. The zero-order valence-electron chi connectivity index (χ0n) is 7.94. The highest BCUT2D eigenvalue weighted by atomic mass is 35.5. The number of aromatic nitrogens is 2. The SMILES string of the molecule is CC1CN(Cc2nnsc2Cl)CCS1. The molecule has 1 aromatic heterocycles. The minimum absolute atomic E-state index is 0.717. The Kier molecular flexibility index (Phi) is 3.65. The van der Waals surface area contributed by atoms with Crippen molar-refractivity contribution in [3.8, 4) is 0 Å². The Balaban J connectivity index is 1.94. The van der Waals surface area contributed by atoms with E-state index in [9.17, 15) is 0 Å². The number of rotatable bonds is 2. The van der Waals surface area contributed by atoms with Gasteiger partial charge in [0.15, 0.2) is 0 Å². The maximum Gasteiger partial charge on any atom is 0.138 e. The van der Waals surface area contributed by atoms with Crippen molar-refractivity contribution in [2.24, 2.45) is 0 Å². The van der Waals surface area contributed by atoms with Gasteiger partial charge in [-0.05, 0) is 0 Å². The molecule has 1 saturated heterocycles. The molecule has 1 aliphatic heterocycles. The minimum atomic E-state index is 0.717. The van der Waals surface area contributed by atoms with Crippen molar-refractivity contribution in [2.75, 3.05) is 18.8 Å². The van der Waals surface area contributed by atoms with E-state index in [0.717, 1.165) is 29.7 Å². The fourth-order valence-corrected chi connectivity index (χ4v) is 3.23. The molecule has 1 atom stereocenters. The Hall–Kier alpha value is 0.160. The second kappa shape index (κ2) is 4.79. The third-order valence-electron chi connectivity index (χ3n) is 2.21. The van der Waals surface area contributed by atoms with E-state index in [0.29, 0.717) is 5.25 Å². The maximum atomic E-state index is 5.96. The van der Waals surface area contributed by atoms with E-state index in [1.54, 1.807) is 0 Å². The molecule has 2 heterocycles. The van der Waals surface area contributed by atoms with Crippen LogP contribution in [-0.2, 0) is 6.54 Å². The normalized spacial score (nSPS) is 24.0. The van der Waals surface area contributed by atoms with Crippen LogP contribution in [0, 0.1) is 0 Å². The highest BCUT2D eigenvalue weighted by molar-refractivity contribution is 7.99. The molecule has 6 heteroatoms. The summed E-state index contributed by atoms with van der Waals surface area (Å²) in [7, 11) is 0. The molecular formula is C8H12ClN3S2. The van der Waals surface area contributed by atoms with Gasteiger partial charge in [-0.25, -0.2) is 0 Å². The van der Waals surface area contributed by atoms with E-state index < -0.39 is 0 Å². The first kappa shape index (κ1) is 10.7. The third kappa shape index (κ3) is 2.59. The molecule has 0 aromatic carbocycles. The highest BCUT2D eigenvalue weighted by Crippen LogP contribution is 2.22. The first-order chi connectivity index (χ1) is 6.75. The molecule has 0 radical (unpaired) electrons. The smallest absolute Gasteiger partial charge is 0.138 e. The van der Waals surface area contributed by atoms with Crippen molar-refractivity contribution in [1.29, 1.82) is 0 Å². The average Bonchev–Trinajstić information content (AvgIpc) is 2.52. The molecule has 0 saturated carbocycles. The van der Waals surface area contributed by atoms with E-state index in [4.69, 9.17) is 11.6 Å². The minimum Gasteiger partial charge on any atom is -0.295 e.